The van der Waals surface area contributed by atoms with Gasteiger partial charge in [-0.25, -0.2) is 0 Å². The van der Waals surface area contributed by atoms with Crippen LogP contribution in [-0.2, 0) is 6.42 Å². The standard InChI is InChI=1S/C22H29BrN2O/c1-3-6-16-7-4-8-20(22-24-13-5-14-25-22)19(16)11-9-17-15-18(23)10-12-21(17)26-2/h4,7-8,10,12,15-16,19H,3,5-6,9,11,13-14H2,1-2H3,(H,24,25). The van der Waals surface area contributed by atoms with E-state index in [0.29, 0.717) is 11.8 Å². The second-order valence-electron chi connectivity index (χ2n) is 7.07. The van der Waals surface area contributed by atoms with Crippen molar-refractivity contribution in [2.45, 2.75) is 39.0 Å². The predicted octanol–water partition coefficient (Wildman–Crippen LogP) is 5.31. The second kappa shape index (κ2) is 9.40. The molecule has 2 unspecified atom stereocenters. The van der Waals surface area contributed by atoms with Crippen LogP contribution >= 0.6 is 15.9 Å². The summed E-state index contributed by atoms with van der Waals surface area (Å²) in [6.07, 6.45) is 12.6. The van der Waals surface area contributed by atoms with E-state index in [4.69, 9.17) is 9.73 Å². The van der Waals surface area contributed by atoms with E-state index in [9.17, 15) is 0 Å². The van der Waals surface area contributed by atoms with E-state index < -0.39 is 0 Å². The molecule has 1 heterocycles. The molecule has 0 saturated carbocycles. The SMILES string of the molecule is CCCC1C=CC=C(C2=NCCCN2)C1CCc1cc(Br)ccc1OC. The summed E-state index contributed by atoms with van der Waals surface area (Å²) in [7, 11) is 1.75. The van der Waals surface area contributed by atoms with Crippen molar-refractivity contribution in [2.24, 2.45) is 16.8 Å². The molecule has 0 bridgehead atoms. The number of ether oxygens (including phenoxy) is 1. The summed E-state index contributed by atoms with van der Waals surface area (Å²) >= 11 is 3.60. The van der Waals surface area contributed by atoms with Crippen LogP contribution in [0.15, 0.2) is 51.5 Å². The van der Waals surface area contributed by atoms with Crippen molar-refractivity contribution in [3.63, 3.8) is 0 Å². The molecule has 1 aromatic carbocycles. The minimum absolute atomic E-state index is 0.507. The Hall–Kier alpha value is -1.55. The number of benzene rings is 1. The van der Waals surface area contributed by atoms with Gasteiger partial charge < -0.3 is 10.1 Å². The molecule has 1 aliphatic heterocycles. The third-order valence-electron chi connectivity index (χ3n) is 5.31. The summed E-state index contributed by atoms with van der Waals surface area (Å²) in [5.41, 5.74) is 2.66. The molecule has 0 saturated heterocycles. The second-order valence-corrected chi connectivity index (χ2v) is 7.99. The molecule has 0 radical (unpaired) electrons. The van der Waals surface area contributed by atoms with Crippen LogP contribution in [0.5, 0.6) is 5.75 Å². The number of aryl methyl sites for hydroxylation is 1. The lowest BCUT2D eigenvalue weighted by molar-refractivity contribution is 0.388. The zero-order valence-electron chi connectivity index (χ0n) is 15.8. The van der Waals surface area contributed by atoms with Crippen molar-refractivity contribution in [3.05, 3.63) is 52.0 Å². The van der Waals surface area contributed by atoms with Crippen molar-refractivity contribution >= 4 is 21.8 Å². The third-order valence-corrected chi connectivity index (χ3v) is 5.80. The molecule has 26 heavy (non-hydrogen) atoms. The van der Waals surface area contributed by atoms with Crippen LogP contribution in [0.25, 0.3) is 0 Å². The van der Waals surface area contributed by atoms with Crippen molar-refractivity contribution in [2.75, 3.05) is 20.2 Å². The van der Waals surface area contributed by atoms with Gasteiger partial charge in [-0.05, 0) is 66.9 Å². The number of hydrogen-bond acceptors (Lipinski definition) is 3. The van der Waals surface area contributed by atoms with E-state index in [1.165, 1.54) is 24.0 Å². The molecule has 2 atom stereocenters. The molecule has 0 amide bonds. The quantitative estimate of drug-likeness (QED) is 0.652. The van der Waals surface area contributed by atoms with E-state index in [1.807, 2.05) is 12.1 Å². The number of nitrogens with one attached hydrogen (secondary N) is 1. The van der Waals surface area contributed by atoms with Gasteiger partial charge in [0.25, 0.3) is 0 Å². The average molecular weight is 417 g/mol. The highest BCUT2D eigenvalue weighted by molar-refractivity contribution is 9.10. The molecule has 0 aromatic heterocycles. The number of methoxy groups -OCH3 is 1. The van der Waals surface area contributed by atoms with Gasteiger partial charge in [-0.2, -0.15) is 0 Å². The van der Waals surface area contributed by atoms with Crippen LogP contribution in [0.2, 0.25) is 0 Å². The largest absolute Gasteiger partial charge is 0.496 e. The van der Waals surface area contributed by atoms with Crippen LogP contribution in [0.4, 0.5) is 0 Å². The summed E-state index contributed by atoms with van der Waals surface area (Å²) in [6, 6.07) is 6.27. The lowest BCUT2D eigenvalue weighted by atomic mass is 9.76. The first-order valence-corrected chi connectivity index (χ1v) is 10.5. The Kier molecular flexibility index (Phi) is 6.95. The minimum Gasteiger partial charge on any atom is -0.496 e. The molecule has 4 heteroatoms. The maximum atomic E-state index is 5.57. The van der Waals surface area contributed by atoms with Gasteiger partial charge in [-0.15, -0.1) is 0 Å². The average Bonchev–Trinajstić information content (AvgIpc) is 2.68. The maximum absolute atomic E-state index is 5.57. The number of rotatable bonds is 7. The van der Waals surface area contributed by atoms with E-state index in [-0.39, 0.29) is 0 Å². The molecule has 0 spiro atoms. The molecule has 1 N–H and O–H groups in total. The minimum atomic E-state index is 0.507. The van der Waals surface area contributed by atoms with Gasteiger partial charge in [0.05, 0.1) is 7.11 Å². The van der Waals surface area contributed by atoms with Gasteiger partial charge in [0, 0.05) is 17.6 Å². The third kappa shape index (κ3) is 4.59. The topological polar surface area (TPSA) is 33.6 Å². The van der Waals surface area contributed by atoms with Crippen LogP contribution in [0, 0.1) is 11.8 Å². The monoisotopic (exact) mass is 416 g/mol. The summed E-state index contributed by atoms with van der Waals surface area (Å²) in [5.74, 6) is 3.19. The fraction of sp³-hybridized carbons (Fsp3) is 0.500. The number of amidine groups is 1. The zero-order chi connectivity index (χ0) is 18.4. The smallest absolute Gasteiger partial charge is 0.124 e. The molecular formula is C22H29BrN2O. The lowest BCUT2D eigenvalue weighted by Crippen LogP contribution is -2.35. The van der Waals surface area contributed by atoms with Crippen LogP contribution in [0.3, 0.4) is 0 Å². The molecular weight excluding hydrogens is 388 g/mol. The fourth-order valence-corrected chi connectivity index (χ4v) is 4.43. The summed E-state index contributed by atoms with van der Waals surface area (Å²) < 4.78 is 6.68. The van der Waals surface area contributed by atoms with Gasteiger partial charge in [0.1, 0.15) is 11.6 Å². The molecule has 2 aliphatic rings. The molecule has 1 aromatic rings. The van der Waals surface area contributed by atoms with Gasteiger partial charge in [0.2, 0.25) is 0 Å². The van der Waals surface area contributed by atoms with Gasteiger partial charge in [-0.3, -0.25) is 4.99 Å². The van der Waals surface area contributed by atoms with Crippen molar-refractivity contribution in [1.82, 2.24) is 5.32 Å². The number of halogens is 1. The Morgan fingerprint density at radius 1 is 1.31 bits per heavy atom. The van der Waals surface area contributed by atoms with E-state index in [2.05, 4.69) is 52.5 Å². The number of nitrogens with zero attached hydrogens (tertiary/aromatic N) is 1. The number of aliphatic imine (C=N–C) groups is 1. The first-order chi connectivity index (χ1) is 12.7. The predicted molar refractivity (Wildman–Crippen MR) is 113 cm³/mol. The Bertz CT molecular complexity index is 708. The first kappa shape index (κ1) is 19.2. The van der Waals surface area contributed by atoms with E-state index in [0.717, 1.165) is 48.4 Å². The molecule has 3 nitrogen and oxygen atoms in total. The van der Waals surface area contributed by atoms with E-state index >= 15 is 0 Å². The fourth-order valence-electron chi connectivity index (χ4n) is 4.02. The molecule has 0 fully saturated rings. The number of hydrogen-bond donors (Lipinski definition) is 1. The van der Waals surface area contributed by atoms with Crippen LogP contribution in [0.1, 0.15) is 38.2 Å². The summed E-state index contributed by atoms with van der Waals surface area (Å²) in [6.45, 7) is 4.25. The Morgan fingerprint density at radius 2 is 2.19 bits per heavy atom. The Labute approximate surface area is 165 Å². The van der Waals surface area contributed by atoms with Gasteiger partial charge in [-0.1, -0.05) is 47.5 Å². The molecule has 3 rings (SSSR count). The molecule has 1 aliphatic carbocycles. The van der Waals surface area contributed by atoms with E-state index in [1.54, 1.807) is 7.11 Å². The number of allylic oxidation sites excluding steroid dienone is 3. The normalized spacial score (nSPS) is 22.4. The maximum Gasteiger partial charge on any atom is 0.124 e. The van der Waals surface area contributed by atoms with Crippen molar-refractivity contribution in [1.29, 1.82) is 0 Å². The van der Waals surface area contributed by atoms with Crippen molar-refractivity contribution in [3.8, 4) is 5.75 Å². The Morgan fingerprint density at radius 3 is 2.92 bits per heavy atom. The molecule has 140 valence electrons. The highest BCUT2D eigenvalue weighted by Crippen LogP contribution is 2.35. The first-order valence-electron chi connectivity index (χ1n) is 9.72. The zero-order valence-corrected chi connectivity index (χ0v) is 17.4. The van der Waals surface area contributed by atoms with Crippen LogP contribution in [-0.4, -0.2) is 26.0 Å². The van der Waals surface area contributed by atoms with Gasteiger partial charge in [0.15, 0.2) is 0 Å². The Balaban J connectivity index is 1.81. The highest BCUT2D eigenvalue weighted by atomic mass is 79.9. The van der Waals surface area contributed by atoms with Crippen LogP contribution < -0.4 is 10.1 Å². The highest BCUT2D eigenvalue weighted by Gasteiger charge is 2.28. The summed E-state index contributed by atoms with van der Waals surface area (Å²) in [5, 5.41) is 3.53. The van der Waals surface area contributed by atoms with Crippen molar-refractivity contribution < 1.29 is 4.74 Å². The summed E-state index contributed by atoms with van der Waals surface area (Å²) in [4.78, 5) is 4.77. The van der Waals surface area contributed by atoms with Gasteiger partial charge >= 0.3 is 0 Å². The lowest BCUT2D eigenvalue weighted by Gasteiger charge is -2.32.